The highest BCUT2D eigenvalue weighted by atomic mass is 79.9. The summed E-state index contributed by atoms with van der Waals surface area (Å²) in [5, 5.41) is 8.67. The SMILES string of the molecule is N#C[C@@H](CC(F)(F)F)c1cccc(Br)c1. The molecule has 1 aromatic rings. The zero-order valence-corrected chi connectivity index (χ0v) is 9.14. The fraction of sp³-hybridized carbons (Fsp3) is 0.300. The van der Waals surface area contributed by atoms with Crippen molar-refractivity contribution < 1.29 is 13.2 Å². The van der Waals surface area contributed by atoms with Crippen LogP contribution in [0.3, 0.4) is 0 Å². The number of nitriles is 1. The number of hydrogen-bond acceptors (Lipinski definition) is 1. The standard InChI is InChI=1S/C10H7BrF3N/c11-9-3-1-2-7(4-9)8(6-15)5-10(12,13)14/h1-4,8H,5H2/t8-/m1/s1. The third-order valence-electron chi connectivity index (χ3n) is 1.84. The number of alkyl halides is 3. The molecule has 0 saturated carbocycles. The third kappa shape index (κ3) is 3.92. The molecule has 0 aliphatic heterocycles. The van der Waals surface area contributed by atoms with Crippen molar-refractivity contribution in [3.05, 3.63) is 34.3 Å². The van der Waals surface area contributed by atoms with E-state index in [-0.39, 0.29) is 0 Å². The van der Waals surface area contributed by atoms with E-state index in [0.29, 0.717) is 10.0 Å². The summed E-state index contributed by atoms with van der Waals surface area (Å²) in [6.07, 6.45) is -5.43. The predicted octanol–water partition coefficient (Wildman–Crippen LogP) is 4.01. The Bertz CT molecular complexity index is 381. The van der Waals surface area contributed by atoms with Crippen LogP contribution in [-0.4, -0.2) is 6.18 Å². The van der Waals surface area contributed by atoms with Crippen LogP contribution in [-0.2, 0) is 0 Å². The van der Waals surface area contributed by atoms with Crippen molar-refractivity contribution in [1.82, 2.24) is 0 Å². The van der Waals surface area contributed by atoms with E-state index >= 15 is 0 Å². The minimum atomic E-state index is -4.32. The Kier molecular flexibility index (Phi) is 3.75. The molecule has 80 valence electrons. The third-order valence-corrected chi connectivity index (χ3v) is 2.34. The summed E-state index contributed by atoms with van der Waals surface area (Å²) in [5.74, 6) is -1.14. The van der Waals surface area contributed by atoms with Crippen LogP contribution in [0.2, 0.25) is 0 Å². The molecule has 1 rings (SSSR count). The normalized spacial score (nSPS) is 13.3. The van der Waals surface area contributed by atoms with Gasteiger partial charge in [-0.05, 0) is 17.7 Å². The summed E-state index contributed by atoms with van der Waals surface area (Å²) in [5.41, 5.74) is 0.379. The van der Waals surface area contributed by atoms with Gasteiger partial charge >= 0.3 is 6.18 Å². The summed E-state index contributed by atoms with van der Waals surface area (Å²) in [4.78, 5) is 0. The second kappa shape index (κ2) is 4.67. The molecular formula is C10H7BrF3N. The van der Waals surface area contributed by atoms with E-state index in [1.807, 2.05) is 0 Å². The van der Waals surface area contributed by atoms with Gasteiger partial charge in [0.15, 0.2) is 0 Å². The molecule has 0 aliphatic carbocycles. The maximum atomic E-state index is 12.1. The van der Waals surface area contributed by atoms with Crippen LogP contribution in [0.5, 0.6) is 0 Å². The molecule has 0 amide bonds. The zero-order chi connectivity index (χ0) is 11.5. The Morgan fingerprint density at radius 2 is 2.07 bits per heavy atom. The van der Waals surface area contributed by atoms with Gasteiger partial charge in [-0.25, -0.2) is 0 Å². The highest BCUT2D eigenvalue weighted by molar-refractivity contribution is 9.10. The van der Waals surface area contributed by atoms with E-state index in [2.05, 4.69) is 15.9 Å². The maximum Gasteiger partial charge on any atom is 0.390 e. The summed E-state index contributed by atoms with van der Waals surface area (Å²) in [6.45, 7) is 0. The molecule has 0 saturated heterocycles. The first-order valence-electron chi connectivity index (χ1n) is 4.14. The van der Waals surface area contributed by atoms with Gasteiger partial charge in [0.1, 0.15) is 0 Å². The largest absolute Gasteiger partial charge is 0.390 e. The van der Waals surface area contributed by atoms with Gasteiger partial charge in [-0.2, -0.15) is 18.4 Å². The average molecular weight is 278 g/mol. The van der Waals surface area contributed by atoms with Crippen molar-refractivity contribution >= 4 is 15.9 Å². The quantitative estimate of drug-likeness (QED) is 0.801. The molecule has 0 N–H and O–H groups in total. The first-order valence-corrected chi connectivity index (χ1v) is 4.93. The highest BCUT2D eigenvalue weighted by Gasteiger charge is 2.32. The molecular weight excluding hydrogens is 271 g/mol. The Labute approximate surface area is 93.6 Å². The molecule has 0 unspecified atom stereocenters. The van der Waals surface area contributed by atoms with E-state index in [4.69, 9.17) is 5.26 Å². The maximum absolute atomic E-state index is 12.1. The molecule has 0 heterocycles. The van der Waals surface area contributed by atoms with Crippen molar-refractivity contribution in [3.8, 4) is 6.07 Å². The van der Waals surface area contributed by atoms with Crippen LogP contribution in [0.4, 0.5) is 13.2 Å². The molecule has 1 aromatic carbocycles. The lowest BCUT2D eigenvalue weighted by molar-refractivity contribution is -0.136. The highest BCUT2D eigenvalue weighted by Crippen LogP contribution is 2.31. The lowest BCUT2D eigenvalue weighted by atomic mass is 9.97. The topological polar surface area (TPSA) is 23.8 Å². The fourth-order valence-corrected chi connectivity index (χ4v) is 1.61. The number of benzene rings is 1. The van der Waals surface area contributed by atoms with Crippen molar-refractivity contribution in [1.29, 1.82) is 5.26 Å². The Morgan fingerprint density at radius 1 is 1.40 bits per heavy atom. The molecule has 5 heteroatoms. The molecule has 0 radical (unpaired) electrons. The molecule has 0 aromatic heterocycles. The zero-order valence-electron chi connectivity index (χ0n) is 7.55. The van der Waals surface area contributed by atoms with E-state index in [1.54, 1.807) is 18.2 Å². The van der Waals surface area contributed by atoms with Crippen molar-refractivity contribution in [2.45, 2.75) is 18.5 Å². The minimum Gasteiger partial charge on any atom is -0.198 e. The molecule has 0 aliphatic rings. The summed E-state index contributed by atoms with van der Waals surface area (Å²) in [6, 6.07) is 8.02. The van der Waals surface area contributed by atoms with Gasteiger partial charge in [0.25, 0.3) is 0 Å². The van der Waals surface area contributed by atoms with Gasteiger partial charge in [-0.3, -0.25) is 0 Å². The number of hydrogen-bond donors (Lipinski definition) is 0. The van der Waals surface area contributed by atoms with Crippen molar-refractivity contribution in [3.63, 3.8) is 0 Å². The van der Waals surface area contributed by atoms with Crippen LogP contribution >= 0.6 is 15.9 Å². The second-order valence-electron chi connectivity index (χ2n) is 3.06. The van der Waals surface area contributed by atoms with Crippen LogP contribution in [0.1, 0.15) is 17.9 Å². The fourth-order valence-electron chi connectivity index (χ4n) is 1.19. The number of halogens is 4. The van der Waals surface area contributed by atoms with E-state index in [1.165, 1.54) is 12.1 Å². The van der Waals surface area contributed by atoms with Gasteiger partial charge in [-0.15, -0.1) is 0 Å². The van der Waals surface area contributed by atoms with Gasteiger partial charge in [-0.1, -0.05) is 28.1 Å². The molecule has 15 heavy (non-hydrogen) atoms. The van der Waals surface area contributed by atoms with E-state index < -0.39 is 18.5 Å². The Hall–Kier alpha value is -1.02. The number of rotatable bonds is 2. The van der Waals surface area contributed by atoms with E-state index in [9.17, 15) is 13.2 Å². The first-order chi connectivity index (χ1) is 6.92. The molecule has 0 fully saturated rings. The minimum absolute atomic E-state index is 0.379. The average Bonchev–Trinajstić information content (AvgIpc) is 2.13. The summed E-state index contributed by atoms with van der Waals surface area (Å²) < 4.78 is 37.0. The van der Waals surface area contributed by atoms with Crippen LogP contribution < -0.4 is 0 Å². The molecule has 0 bridgehead atoms. The van der Waals surface area contributed by atoms with Crippen LogP contribution in [0, 0.1) is 11.3 Å². The summed E-state index contributed by atoms with van der Waals surface area (Å²) >= 11 is 3.15. The lowest BCUT2D eigenvalue weighted by Gasteiger charge is -2.12. The lowest BCUT2D eigenvalue weighted by Crippen LogP contribution is -2.12. The predicted molar refractivity (Wildman–Crippen MR) is 53.2 cm³/mol. The first kappa shape index (κ1) is 12.1. The van der Waals surface area contributed by atoms with Gasteiger partial charge < -0.3 is 0 Å². The summed E-state index contributed by atoms with van der Waals surface area (Å²) in [7, 11) is 0. The van der Waals surface area contributed by atoms with Gasteiger partial charge in [0.05, 0.1) is 18.4 Å². The van der Waals surface area contributed by atoms with Gasteiger partial charge in [0.2, 0.25) is 0 Å². The van der Waals surface area contributed by atoms with Crippen LogP contribution in [0.15, 0.2) is 28.7 Å². The molecule has 1 atom stereocenters. The Morgan fingerprint density at radius 3 is 2.53 bits per heavy atom. The van der Waals surface area contributed by atoms with Crippen molar-refractivity contribution in [2.24, 2.45) is 0 Å². The Balaban J connectivity index is 2.90. The van der Waals surface area contributed by atoms with Gasteiger partial charge in [0, 0.05) is 4.47 Å². The van der Waals surface area contributed by atoms with E-state index in [0.717, 1.165) is 0 Å². The molecule has 1 nitrogen and oxygen atoms in total. The number of nitrogens with zero attached hydrogens (tertiary/aromatic N) is 1. The van der Waals surface area contributed by atoms with Crippen LogP contribution in [0.25, 0.3) is 0 Å². The second-order valence-corrected chi connectivity index (χ2v) is 3.97. The monoisotopic (exact) mass is 277 g/mol. The molecule has 0 spiro atoms. The van der Waals surface area contributed by atoms with Crippen molar-refractivity contribution in [2.75, 3.05) is 0 Å². The smallest absolute Gasteiger partial charge is 0.198 e.